The van der Waals surface area contributed by atoms with Crippen molar-refractivity contribution in [3.05, 3.63) is 93.6 Å². The average Bonchev–Trinajstić information content (AvgIpc) is 3.49. The highest BCUT2D eigenvalue weighted by Gasteiger charge is 2.44. The lowest BCUT2D eigenvalue weighted by Crippen LogP contribution is -2.05. The van der Waals surface area contributed by atoms with Crippen LogP contribution < -0.4 is 4.74 Å². The Bertz CT molecular complexity index is 1240. The first kappa shape index (κ1) is 19.4. The van der Waals surface area contributed by atoms with Gasteiger partial charge < -0.3 is 9.30 Å². The molecule has 2 atom stereocenters. The van der Waals surface area contributed by atoms with Crippen LogP contribution in [0, 0.1) is 5.82 Å². The predicted molar refractivity (Wildman–Crippen MR) is 118 cm³/mol. The van der Waals surface area contributed by atoms with Crippen molar-refractivity contribution in [1.82, 2.24) is 9.55 Å². The minimum Gasteiger partial charge on any atom is -0.497 e. The minimum atomic E-state index is -0.211. The van der Waals surface area contributed by atoms with Crippen LogP contribution in [0.15, 0.2) is 60.8 Å². The van der Waals surface area contributed by atoms with Gasteiger partial charge in [-0.05, 0) is 53.8 Å². The number of hydrogen-bond acceptors (Lipinski definition) is 2. The first-order chi connectivity index (χ1) is 14.5. The second-order valence-electron chi connectivity index (χ2n) is 7.66. The largest absolute Gasteiger partial charge is 0.497 e. The van der Waals surface area contributed by atoms with E-state index in [0.29, 0.717) is 27.8 Å². The molecule has 2 heterocycles. The number of rotatable bonds is 5. The molecule has 0 unspecified atom stereocenters. The summed E-state index contributed by atoms with van der Waals surface area (Å²) in [5.74, 6) is 0.920. The van der Waals surface area contributed by atoms with Crippen LogP contribution in [-0.4, -0.2) is 16.7 Å². The van der Waals surface area contributed by atoms with E-state index in [2.05, 4.69) is 11.1 Å². The number of aromatic nitrogens is 2. The van der Waals surface area contributed by atoms with E-state index in [4.69, 9.17) is 27.9 Å². The molecule has 1 saturated carbocycles. The number of halogens is 3. The fraction of sp³-hybridized carbons (Fsp3) is 0.208. The van der Waals surface area contributed by atoms with Gasteiger partial charge in [0.15, 0.2) is 5.82 Å². The maximum absolute atomic E-state index is 15.6. The molecule has 1 aliphatic carbocycles. The highest BCUT2D eigenvalue weighted by molar-refractivity contribution is 6.30. The molecule has 30 heavy (non-hydrogen) atoms. The molecule has 0 bridgehead atoms. The maximum Gasteiger partial charge on any atom is 0.153 e. The van der Waals surface area contributed by atoms with Gasteiger partial charge in [-0.2, -0.15) is 0 Å². The molecule has 0 amide bonds. The van der Waals surface area contributed by atoms with E-state index in [-0.39, 0.29) is 17.7 Å². The summed E-state index contributed by atoms with van der Waals surface area (Å²) in [7, 11) is 1.64. The molecule has 0 spiro atoms. The standard InChI is InChI=1S/C24H19Cl2FN2O/c1-30-17-7-5-14(6-8-17)13-29-21-11-22(26)28-12-20(21)23(27)24(29)19-10-18(19)15-3-2-4-16(25)9-15/h2-9,11-12,18-19H,10,13H2,1H3/t18-,19+/m1/s1. The van der Waals surface area contributed by atoms with Crippen molar-refractivity contribution >= 4 is 34.1 Å². The van der Waals surface area contributed by atoms with Gasteiger partial charge in [0, 0.05) is 23.7 Å². The van der Waals surface area contributed by atoms with Gasteiger partial charge in [-0.15, -0.1) is 0 Å². The average molecular weight is 441 g/mol. The van der Waals surface area contributed by atoms with Gasteiger partial charge in [0.05, 0.1) is 23.7 Å². The van der Waals surface area contributed by atoms with E-state index in [1.54, 1.807) is 13.2 Å². The number of benzene rings is 2. The summed E-state index contributed by atoms with van der Waals surface area (Å²) in [5, 5.41) is 1.55. The summed E-state index contributed by atoms with van der Waals surface area (Å²) in [5.41, 5.74) is 3.66. The Labute approximate surface area is 184 Å². The van der Waals surface area contributed by atoms with Gasteiger partial charge in [0.2, 0.25) is 0 Å². The monoisotopic (exact) mass is 440 g/mol. The van der Waals surface area contributed by atoms with Crippen LogP contribution in [0.1, 0.15) is 35.1 Å². The van der Waals surface area contributed by atoms with E-state index in [1.807, 2.05) is 47.0 Å². The molecule has 152 valence electrons. The zero-order chi connectivity index (χ0) is 20.8. The van der Waals surface area contributed by atoms with Crippen LogP contribution >= 0.6 is 23.2 Å². The molecule has 5 rings (SSSR count). The van der Waals surface area contributed by atoms with Gasteiger partial charge in [-0.25, -0.2) is 9.37 Å². The predicted octanol–water partition coefficient (Wildman–Crippen LogP) is 6.81. The summed E-state index contributed by atoms with van der Waals surface area (Å²) in [4.78, 5) is 4.10. The summed E-state index contributed by atoms with van der Waals surface area (Å²) in [6, 6.07) is 17.4. The van der Waals surface area contributed by atoms with Crippen LogP contribution in [0.4, 0.5) is 4.39 Å². The van der Waals surface area contributed by atoms with Gasteiger partial charge >= 0.3 is 0 Å². The number of nitrogens with zero attached hydrogens (tertiary/aromatic N) is 2. The number of pyridine rings is 1. The van der Waals surface area contributed by atoms with Crippen molar-refractivity contribution in [2.45, 2.75) is 24.8 Å². The van der Waals surface area contributed by atoms with Crippen LogP contribution in [0.2, 0.25) is 10.2 Å². The number of methoxy groups -OCH3 is 1. The first-order valence-corrected chi connectivity index (χ1v) is 10.5. The van der Waals surface area contributed by atoms with Crippen molar-refractivity contribution in [3.63, 3.8) is 0 Å². The maximum atomic E-state index is 15.6. The van der Waals surface area contributed by atoms with Crippen molar-refractivity contribution < 1.29 is 9.13 Å². The van der Waals surface area contributed by atoms with Crippen molar-refractivity contribution in [2.24, 2.45) is 0 Å². The lowest BCUT2D eigenvalue weighted by atomic mass is 10.1. The summed E-state index contributed by atoms with van der Waals surface area (Å²) in [6.45, 7) is 0.541. The first-order valence-electron chi connectivity index (χ1n) is 9.76. The second kappa shape index (κ2) is 7.60. The molecule has 3 nitrogen and oxygen atoms in total. The van der Waals surface area contributed by atoms with Crippen LogP contribution in [0.5, 0.6) is 5.75 Å². The second-order valence-corrected chi connectivity index (χ2v) is 8.48. The summed E-state index contributed by atoms with van der Waals surface area (Å²) >= 11 is 12.3. The lowest BCUT2D eigenvalue weighted by Gasteiger charge is -2.12. The smallest absolute Gasteiger partial charge is 0.153 e. The Kier molecular flexibility index (Phi) is 4.92. The third-order valence-electron chi connectivity index (χ3n) is 5.81. The van der Waals surface area contributed by atoms with E-state index in [1.165, 1.54) is 6.20 Å². The van der Waals surface area contributed by atoms with Gasteiger partial charge in [0.1, 0.15) is 10.9 Å². The Morgan fingerprint density at radius 3 is 2.63 bits per heavy atom. The Hall–Kier alpha value is -2.56. The van der Waals surface area contributed by atoms with Crippen molar-refractivity contribution in [2.75, 3.05) is 7.11 Å². The fourth-order valence-corrected chi connectivity index (χ4v) is 4.60. The molecule has 1 aliphatic rings. The number of hydrogen-bond donors (Lipinski definition) is 0. The molecule has 2 aromatic carbocycles. The molecule has 1 fully saturated rings. The zero-order valence-electron chi connectivity index (χ0n) is 16.3. The van der Waals surface area contributed by atoms with E-state index in [0.717, 1.165) is 28.8 Å². The molecule has 0 N–H and O–H groups in total. The highest BCUT2D eigenvalue weighted by atomic mass is 35.5. The molecule has 6 heteroatoms. The van der Waals surface area contributed by atoms with E-state index < -0.39 is 0 Å². The Morgan fingerprint density at radius 2 is 1.90 bits per heavy atom. The quantitative estimate of drug-likeness (QED) is 0.318. The third kappa shape index (κ3) is 3.44. The molecular weight excluding hydrogens is 422 g/mol. The van der Waals surface area contributed by atoms with Crippen LogP contribution in [-0.2, 0) is 6.54 Å². The van der Waals surface area contributed by atoms with Crippen molar-refractivity contribution in [1.29, 1.82) is 0 Å². The number of ether oxygens (including phenoxy) is 1. The molecule has 2 aromatic heterocycles. The van der Waals surface area contributed by atoms with Crippen LogP contribution in [0.3, 0.4) is 0 Å². The van der Waals surface area contributed by atoms with E-state index in [9.17, 15) is 0 Å². The normalized spacial score (nSPS) is 18.0. The minimum absolute atomic E-state index is 0.0906. The molecule has 0 aliphatic heterocycles. The van der Waals surface area contributed by atoms with Gasteiger partial charge in [-0.1, -0.05) is 47.5 Å². The topological polar surface area (TPSA) is 27.1 Å². The Balaban J connectivity index is 1.58. The SMILES string of the molecule is COc1ccc(Cn2c([C@H]3C[C@@H]3c3cccc(Cl)c3)c(F)c3cnc(Cl)cc32)cc1. The van der Waals surface area contributed by atoms with Crippen molar-refractivity contribution in [3.8, 4) is 5.75 Å². The molecule has 4 aromatic rings. The van der Waals surface area contributed by atoms with Crippen LogP contribution in [0.25, 0.3) is 10.9 Å². The highest BCUT2D eigenvalue weighted by Crippen LogP contribution is 2.56. The Morgan fingerprint density at radius 1 is 1.10 bits per heavy atom. The molecule has 0 saturated heterocycles. The third-order valence-corrected chi connectivity index (χ3v) is 6.25. The van der Waals surface area contributed by atoms with Gasteiger partial charge in [-0.3, -0.25) is 0 Å². The van der Waals surface area contributed by atoms with E-state index >= 15 is 4.39 Å². The lowest BCUT2D eigenvalue weighted by molar-refractivity contribution is 0.414. The zero-order valence-corrected chi connectivity index (χ0v) is 17.8. The fourth-order valence-electron chi connectivity index (χ4n) is 4.25. The molecule has 0 radical (unpaired) electrons. The number of fused-ring (bicyclic) bond motifs is 1. The summed E-state index contributed by atoms with van der Waals surface area (Å²) in [6.07, 6.45) is 2.41. The van der Waals surface area contributed by atoms with Gasteiger partial charge in [0.25, 0.3) is 0 Å². The molecular formula is C24H19Cl2FN2O. The summed E-state index contributed by atoms with van der Waals surface area (Å²) < 4.78 is 22.8.